The van der Waals surface area contributed by atoms with E-state index in [2.05, 4.69) is 25.2 Å². The van der Waals surface area contributed by atoms with Gasteiger partial charge in [-0.25, -0.2) is 9.67 Å². The summed E-state index contributed by atoms with van der Waals surface area (Å²) < 4.78 is 39.8. The summed E-state index contributed by atoms with van der Waals surface area (Å²) >= 11 is 0. The van der Waals surface area contributed by atoms with E-state index in [1.807, 2.05) is 36.2 Å². The zero-order chi connectivity index (χ0) is 20.4. The summed E-state index contributed by atoms with van der Waals surface area (Å²) in [5.41, 5.74) is 0.167. The van der Waals surface area contributed by atoms with Gasteiger partial charge >= 0.3 is 6.18 Å². The van der Waals surface area contributed by atoms with Crippen molar-refractivity contribution < 1.29 is 13.2 Å². The first-order valence-electron chi connectivity index (χ1n) is 9.30. The molecule has 0 aliphatic carbocycles. The van der Waals surface area contributed by atoms with Gasteiger partial charge in [0.25, 0.3) is 0 Å². The van der Waals surface area contributed by atoms with Crippen LogP contribution in [0.5, 0.6) is 0 Å². The summed E-state index contributed by atoms with van der Waals surface area (Å²) in [6.07, 6.45) is -0.815. The Labute approximate surface area is 165 Å². The molecule has 0 amide bonds. The number of rotatable bonds is 3. The second-order valence-corrected chi connectivity index (χ2v) is 6.88. The Morgan fingerprint density at radius 1 is 0.828 bits per heavy atom. The van der Waals surface area contributed by atoms with E-state index in [4.69, 9.17) is 0 Å². The molecule has 0 radical (unpaired) electrons. The van der Waals surface area contributed by atoms with Crippen molar-refractivity contribution in [2.45, 2.75) is 19.5 Å². The summed E-state index contributed by atoms with van der Waals surface area (Å²) in [6.45, 7) is 4.73. The third-order valence-corrected chi connectivity index (χ3v) is 4.81. The van der Waals surface area contributed by atoms with Crippen LogP contribution in [0.4, 0.5) is 24.8 Å². The SMILES string of the molecule is Cc1ccn(-c2ccc(N3CCCN(c4ccc(C(F)(F)F)cn4)CC3)nn2)n1. The van der Waals surface area contributed by atoms with Crippen LogP contribution in [0.25, 0.3) is 5.82 Å². The zero-order valence-corrected chi connectivity index (χ0v) is 15.8. The van der Waals surface area contributed by atoms with Gasteiger partial charge in [0.15, 0.2) is 11.6 Å². The lowest BCUT2D eigenvalue weighted by atomic mass is 10.2. The van der Waals surface area contributed by atoms with Gasteiger partial charge < -0.3 is 9.80 Å². The van der Waals surface area contributed by atoms with Crippen molar-refractivity contribution in [3.8, 4) is 5.82 Å². The Hall–Kier alpha value is -3.17. The van der Waals surface area contributed by atoms with Crippen molar-refractivity contribution in [2.75, 3.05) is 36.0 Å². The fourth-order valence-corrected chi connectivity index (χ4v) is 3.27. The largest absolute Gasteiger partial charge is 0.417 e. The number of anilines is 2. The third kappa shape index (κ3) is 4.30. The molecule has 0 atom stereocenters. The van der Waals surface area contributed by atoms with E-state index in [1.54, 1.807) is 4.68 Å². The van der Waals surface area contributed by atoms with Crippen LogP contribution in [-0.2, 0) is 6.18 Å². The number of aromatic nitrogens is 5. The fourth-order valence-electron chi connectivity index (χ4n) is 3.27. The lowest BCUT2D eigenvalue weighted by molar-refractivity contribution is -0.137. The smallest absolute Gasteiger partial charge is 0.355 e. The Kier molecular flexibility index (Phi) is 5.08. The van der Waals surface area contributed by atoms with Crippen LogP contribution in [0.1, 0.15) is 17.7 Å². The van der Waals surface area contributed by atoms with Gasteiger partial charge in [-0.3, -0.25) is 0 Å². The fraction of sp³-hybridized carbons (Fsp3) is 0.368. The van der Waals surface area contributed by atoms with Crippen LogP contribution < -0.4 is 9.80 Å². The minimum atomic E-state index is -4.37. The van der Waals surface area contributed by atoms with Crippen molar-refractivity contribution in [1.29, 1.82) is 0 Å². The van der Waals surface area contributed by atoms with Gasteiger partial charge in [0.05, 0.1) is 11.3 Å². The Morgan fingerprint density at radius 3 is 2.03 bits per heavy atom. The van der Waals surface area contributed by atoms with Gasteiger partial charge in [0.2, 0.25) is 0 Å². The number of hydrogen-bond acceptors (Lipinski definition) is 6. The quantitative estimate of drug-likeness (QED) is 0.670. The average molecular weight is 403 g/mol. The van der Waals surface area contributed by atoms with Crippen LogP contribution in [0.2, 0.25) is 0 Å². The van der Waals surface area contributed by atoms with Gasteiger partial charge in [0.1, 0.15) is 5.82 Å². The van der Waals surface area contributed by atoms with Crippen molar-refractivity contribution in [1.82, 2.24) is 25.0 Å². The average Bonchev–Trinajstić information content (AvgIpc) is 2.99. The first-order valence-corrected chi connectivity index (χ1v) is 9.30. The monoisotopic (exact) mass is 403 g/mol. The molecular formula is C19H20F3N7. The lowest BCUT2D eigenvalue weighted by Gasteiger charge is -2.23. The Bertz CT molecular complexity index is 951. The molecule has 10 heteroatoms. The highest BCUT2D eigenvalue weighted by atomic mass is 19.4. The van der Waals surface area contributed by atoms with E-state index in [1.165, 1.54) is 6.07 Å². The minimum absolute atomic E-state index is 0.551. The number of alkyl halides is 3. The highest BCUT2D eigenvalue weighted by molar-refractivity contribution is 5.44. The number of halogens is 3. The molecule has 4 heterocycles. The Balaban J connectivity index is 1.42. The maximum Gasteiger partial charge on any atom is 0.417 e. The van der Waals surface area contributed by atoms with Crippen LogP contribution in [-0.4, -0.2) is 51.1 Å². The first kappa shape index (κ1) is 19.2. The van der Waals surface area contributed by atoms with Crippen molar-refractivity contribution in [3.63, 3.8) is 0 Å². The van der Waals surface area contributed by atoms with E-state index in [0.29, 0.717) is 31.3 Å². The summed E-state index contributed by atoms with van der Waals surface area (Å²) in [5, 5.41) is 12.9. The van der Waals surface area contributed by atoms with Crippen LogP contribution in [0.15, 0.2) is 42.7 Å². The first-order chi connectivity index (χ1) is 13.9. The second-order valence-electron chi connectivity index (χ2n) is 6.88. The van der Waals surface area contributed by atoms with Gasteiger partial charge in [-0.05, 0) is 43.7 Å². The van der Waals surface area contributed by atoms with Crippen molar-refractivity contribution in [3.05, 3.63) is 54.0 Å². The molecule has 29 heavy (non-hydrogen) atoms. The maximum atomic E-state index is 12.7. The van der Waals surface area contributed by atoms with Gasteiger partial charge in [-0.15, -0.1) is 10.2 Å². The molecular weight excluding hydrogens is 383 g/mol. The molecule has 1 aliphatic rings. The van der Waals surface area contributed by atoms with Crippen molar-refractivity contribution >= 4 is 11.6 Å². The molecule has 3 aromatic rings. The molecule has 7 nitrogen and oxygen atoms in total. The molecule has 1 aliphatic heterocycles. The topological polar surface area (TPSA) is 63.0 Å². The standard InChI is InChI=1S/C19H20F3N7/c1-14-7-10-29(26-14)18-6-5-17(24-25-18)28-9-2-8-27(11-12-28)16-4-3-15(13-23-16)19(20,21)22/h3-7,10,13H,2,8-9,11-12H2,1H3. The van der Waals surface area contributed by atoms with Crippen LogP contribution in [0, 0.1) is 6.92 Å². The molecule has 0 spiro atoms. The number of pyridine rings is 1. The number of hydrogen-bond donors (Lipinski definition) is 0. The van der Waals surface area contributed by atoms with E-state index >= 15 is 0 Å². The third-order valence-electron chi connectivity index (χ3n) is 4.81. The summed E-state index contributed by atoms with van der Waals surface area (Å²) in [7, 11) is 0. The van der Waals surface area contributed by atoms with Crippen LogP contribution in [0.3, 0.4) is 0 Å². The van der Waals surface area contributed by atoms with E-state index in [0.717, 1.165) is 36.7 Å². The Morgan fingerprint density at radius 2 is 1.48 bits per heavy atom. The number of aryl methyl sites for hydroxylation is 1. The predicted octanol–water partition coefficient (Wildman–Crippen LogP) is 3.10. The second kappa shape index (κ2) is 7.69. The van der Waals surface area contributed by atoms with E-state index in [9.17, 15) is 13.2 Å². The van der Waals surface area contributed by atoms with E-state index < -0.39 is 11.7 Å². The van der Waals surface area contributed by atoms with Crippen molar-refractivity contribution in [2.24, 2.45) is 0 Å². The molecule has 1 saturated heterocycles. The van der Waals surface area contributed by atoms with Crippen LogP contribution >= 0.6 is 0 Å². The molecule has 0 N–H and O–H groups in total. The molecule has 0 saturated carbocycles. The van der Waals surface area contributed by atoms with Gasteiger partial charge in [0, 0.05) is 38.6 Å². The minimum Gasteiger partial charge on any atom is -0.355 e. The molecule has 0 bridgehead atoms. The van der Waals surface area contributed by atoms with Gasteiger partial charge in [-0.1, -0.05) is 0 Å². The van der Waals surface area contributed by atoms with E-state index in [-0.39, 0.29) is 0 Å². The molecule has 3 aromatic heterocycles. The molecule has 1 fully saturated rings. The highest BCUT2D eigenvalue weighted by Gasteiger charge is 2.31. The summed E-state index contributed by atoms with van der Waals surface area (Å²) in [4.78, 5) is 8.12. The molecule has 4 rings (SSSR count). The predicted molar refractivity (Wildman–Crippen MR) is 102 cm³/mol. The molecule has 152 valence electrons. The van der Waals surface area contributed by atoms with Gasteiger partial charge in [-0.2, -0.15) is 18.3 Å². The molecule has 0 unspecified atom stereocenters. The number of nitrogens with zero attached hydrogens (tertiary/aromatic N) is 7. The summed E-state index contributed by atoms with van der Waals surface area (Å²) in [5.74, 6) is 1.96. The maximum absolute atomic E-state index is 12.7. The normalized spacial score (nSPS) is 15.4. The lowest BCUT2D eigenvalue weighted by Crippen LogP contribution is -2.31. The molecule has 0 aromatic carbocycles. The summed E-state index contributed by atoms with van der Waals surface area (Å²) in [6, 6.07) is 8.18. The zero-order valence-electron chi connectivity index (χ0n) is 15.8. The highest BCUT2D eigenvalue weighted by Crippen LogP contribution is 2.29.